The standard InChI is InChI=1S/C18H24O3/c1-11(19)3-4-14-12-9-10-18(2)15(6-8-17(18)21)13(12)5-7-16(14)20/h13,15H,3-10H2,1-2H3/t13-,15+,18+/m1/s1. The predicted octanol–water partition coefficient (Wildman–Crippen LogP) is 3.41. The Bertz CT molecular complexity index is 543. The molecule has 3 atom stereocenters. The van der Waals surface area contributed by atoms with Crippen molar-refractivity contribution in [1.29, 1.82) is 0 Å². The average Bonchev–Trinajstić information content (AvgIpc) is 2.74. The molecule has 3 aliphatic carbocycles. The van der Waals surface area contributed by atoms with Gasteiger partial charge in [0.1, 0.15) is 11.6 Å². The molecule has 0 bridgehead atoms. The molecule has 0 spiro atoms. The first-order chi connectivity index (χ1) is 9.93. The lowest BCUT2D eigenvalue weighted by molar-refractivity contribution is -0.128. The minimum atomic E-state index is -0.153. The largest absolute Gasteiger partial charge is 0.300 e. The van der Waals surface area contributed by atoms with Crippen LogP contribution in [0.2, 0.25) is 0 Å². The zero-order valence-electron chi connectivity index (χ0n) is 13.0. The molecule has 0 aromatic heterocycles. The lowest BCUT2D eigenvalue weighted by Gasteiger charge is -2.45. The fourth-order valence-electron chi connectivity index (χ4n) is 4.86. The molecule has 0 radical (unpaired) electrons. The van der Waals surface area contributed by atoms with Crippen molar-refractivity contribution in [2.75, 3.05) is 0 Å². The molecular weight excluding hydrogens is 264 g/mol. The summed E-state index contributed by atoms with van der Waals surface area (Å²) < 4.78 is 0. The van der Waals surface area contributed by atoms with Crippen LogP contribution in [0.1, 0.15) is 65.2 Å². The van der Waals surface area contributed by atoms with Gasteiger partial charge in [-0.3, -0.25) is 9.59 Å². The van der Waals surface area contributed by atoms with Crippen LogP contribution in [0, 0.1) is 17.3 Å². The quantitative estimate of drug-likeness (QED) is 0.799. The highest BCUT2D eigenvalue weighted by Gasteiger charge is 2.53. The number of fused-ring (bicyclic) bond motifs is 3. The molecule has 3 nitrogen and oxygen atoms in total. The summed E-state index contributed by atoms with van der Waals surface area (Å²) in [5, 5.41) is 0. The van der Waals surface area contributed by atoms with Crippen LogP contribution in [0.3, 0.4) is 0 Å². The van der Waals surface area contributed by atoms with E-state index in [1.165, 1.54) is 5.57 Å². The summed E-state index contributed by atoms with van der Waals surface area (Å²) in [7, 11) is 0. The van der Waals surface area contributed by atoms with Crippen LogP contribution < -0.4 is 0 Å². The lowest BCUT2D eigenvalue weighted by atomic mass is 9.58. The molecule has 0 aromatic rings. The maximum absolute atomic E-state index is 12.3. The summed E-state index contributed by atoms with van der Waals surface area (Å²) in [5.41, 5.74) is 2.08. The van der Waals surface area contributed by atoms with Crippen molar-refractivity contribution >= 4 is 17.3 Å². The van der Waals surface area contributed by atoms with Gasteiger partial charge in [-0.25, -0.2) is 0 Å². The van der Waals surface area contributed by atoms with Crippen LogP contribution >= 0.6 is 0 Å². The van der Waals surface area contributed by atoms with Gasteiger partial charge in [-0.15, -0.1) is 0 Å². The topological polar surface area (TPSA) is 51.2 Å². The minimum absolute atomic E-state index is 0.148. The van der Waals surface area contributed by atoms with E-state index in [2.05, 4.69) is 6.92 Å². The van der Waals surface area contributed by atoms with Crippen LogP contribution in [0.4, 0.5) is 0 Å². The molecule has 0 unspecified atom stereocenters. The number of hydrogen-bond donors (Lipinski definition) is 0. The molecule has 21 heavy (non-hydrogen) atoms. The molecule has 0 aromatic carbocycles. The molecule has 0 heterocycles. The Morgan fingerprint density at radius 1 is 1.19 bits per heavy atom. The molecule has 114 valence electrons. The first-order valence-corrected chi connectivity index (χ1v) is 8.21. The molecule has 0 saturated heterocycles. The molecule has 3 rings (SSSR count). The van der Waals surface area contributed by atoms with Gasteiger partial charge < -0.3 is 4.79 Å². The number of carbonyl (C=O) groups is 3. The molecular formula is C18H24O3. The summed E-state index contributed by atoms with van der Waals surface area (Å²) in [6, 6.07) is 0. The third kappa shape index (κ3) is 2.31. The van der Waals surface area contributed by atoms with E-state index in [1.807, 2.05) is 0 Å². The van der Waals surface area contributed by atoms with Crippen molar-refractivity contribution < 1.29 is 14.4 Å². The van der Waals surface area contributed by atoms with E-state index in [1.54, 1.807) is 6.92 Å². The Morgan fingerprint density at radius 3 is 2.67 bits per heavy atom. The van der Waals surface area contributed by atoms with Gasteiger partial charge in [0.05, 0.1) is 0 Å². The Hall–Kier alpha value is -1.25. The Morgan fingerprint density at radius 2 is 1.95 bits per heavy atom. The SMILES string of the molecule is CC(=O)CCC1=C2CC[C@]3(C)C(=O)CC[C@H]3[C@@H]2CCC1=O. The highest BCUT2D eigenvalue weighted by Crippen LogP contribution is 2.57. The first kappa shape index (κ1) is 14.7. The van der Waals surface area contributed by atoms with E-state index in [0.29, 0.717) is 43.3 Å². The van der Waals surface area contributed by atoms with Crippen molar-refractivity contribution in [2.45, 2.75) is 65.2 Å². The van der Waals surface area contributed by atoms with E-state index >= 15 is 0 Å². The number of carbonyl (C=O) groups excluding carboxylic acids is 3. The second-order valence-corrected chi connectivity index (χ2v) is 7.26. The van der Waals surface area contributed by atoms with Crippen molar-refractivity contribution in [3.8, 4) is 0 Å². The second kappa shape index (κ2) is 5.19. The predicted molar refractivity (Wildman–Crippen MR) is 79.7 cm³/mol. The van der Waals surface area contributed by atoms with Crippen molar-refractivity contribution in [3.63, 3.8) is 0 Å². The number of ketones is 3. The Balaban J connectivity index is 1.92. The van der Waals surface area contributed by atoms with Gasteiger partial charge in [0, 0.05) is 24.7 Å². The molecule has 2 fully saturated rings. The fraction of sp³-hybridized carbons (Fsp3) is 0.722. The Labute approximate surface area is 126 Å². The summed E-state index contributed by atoms with van der Waals surface area (Å²) in [4.78, 5) is 35.8. The van der Waals surface area contributed by atoms with E-state index in [4.69, 9.17) is 0 Å². The molecule has 2 saturated carbocycles. The van der Waals surface area contributed by atoms with Gasteiger partial charge in [0.2, 0.25) is 0 Å². The summed E-state index contributed by atoms with van der Waals surface area (Å²) in [6.07, 6.45) is 6.05. The molecule has 0 N–H and O–H groups in total. The lowest BCUT2D eigenvalue weighted by Crippen LogP contribution is -2.40. The highest BCUT2D eigenvalue weighted by molar-refractivity contribution is 5.98. The van der Waals surface area contributed by atoms with Gasteiger partial charge in [-0.2, -0.15) is 0 Å². The smallest absolute Gasteiger partial charge is 0.158 e. The van der Waals surface area contributed by atoms with Crippen molar-refractivity contribution in [2.24, 2.45) is 17.3 Å². The summed E-state index contributed by atoms with van der Waals surface area (Å²) in [5.74, 6) is 1.66. The van der Waals surface area contributed by atoms with Gasteiger partial charge in [-0.1, -0.05) is 12.5 Å². The molecule has 3 heteroatoms. The highest BCUT2D eigenvalue weighted by atomic mass is 16.1. The maximum Gasteiger partial charge on any atom is 0.158 e. The van der Waals surface area contributed by atoms with E-state index in [9.17, 15) is 14.4 Å². The van der Waals surface area contributed by atoms with Gasteiger partial charge in [0.15, 0.2) is 5.78 Å². The van der Waals surface area contributed by atoms with Crippen LogP contribution in [-0.2, 0) is 14.4 Å². The number of Topliss-reactive ketones (excluding diaryl/α,β-unsaturated/α-hetero) is 3. The summed E-state index contributed by atoms with van der Waals surface area (Å²) in [6.45, 7) is 3.72. The van der Waals surface area contributed by atoms with Crippen molar-refractivity contribution in [1.82, 2.24) is 0 Å². The minimum Gasteiger partial charge on any atom is -0.300 e. The molecule has 0 aliphatic heterocycles. The van der Waals surface area contributed by atoms with Gasteiger partial charge in [0.25, 0.3) is 0 Å². The maximum atomic E-state index is 12.3. The third-order valence-electron chi connectivity index (χ3n) is 6.12. The fourth-order valence-corrected chi connectivity index (χ4v) is 4.86. The first-order valence-electron chi connectivity index (χ1n) is 8.21. The number of allylic oxidation sites excluding steroid dienone is 2. The third-order valence-corrected chi connectivity index (χ3v) is 6.12. The monoisotopic (exact) mass is 288 g/mol. The number of hydrogen-bond acceptors (Lipinski definition) is 3. The van der Waals surface area contributed by atoms with Gasteiger partial charge in [-0.05, 0) is 56.4 Å². The van der Waals surface area contributed by atoms with E-state index in [0.717, 1.165) is 31.3 Å². The zero-order chi connectivity index (χ0) is 15.2. The van der Waals surface area contributed by atoms with Crippen LogP contribution in [0.15, 0.2) is 11.1 Å². The number of rotatable bonds is 3. The zero-order valence-corrected chi connectivity index (χ0v) is 13.0. The normalized spacial score (nSPS) is 35.7. The van der Waals surface area contributed by atoms with Crippen LogP contribution in [0.25, 0.3) is 0 Å². The second-order valence-electron chi connectivity index (χ2n) is 7.26. The summed E-state index contributed by atoms with van der Waals surface area (Å²) >= 11 is 0. The van der Waals surface area contributed by atoms with Crippen LogP contribution in [0.5, 0.6) is 0 Å². The Kier molecular flexibility index (Phi) is 3.62. The van der Waals surface area contributed by atoms with E-state index in [-0.39, 0.29) is 17.0 Å². The molecule has 0 amide bonds. The van der Waals surface area contributed by atoms with E-state index < -0.39 is 0 Å². The average molecular weight is 288 g/mol. The van der Waals surface area contributed by atoms with Gasteiger partial charge >= 0.3 is 0 Å². The van der Waals surface area contributed by atoms with Crippen LogP contribution in [-0.4, -0.2) is 17.3 Å². The van der Waals surface area contributed by atoms with Crippen molar-refractivity contribution in [3.05, 3.63) is 11.1 Å². The molecule has 3 aliphatic rings.